The fourth-order valence-corrected chi connectivity index (χ4v) is 2.74. The number of hydrogen-bond donors (Lipinski definition) is 2. The maximum absolute atomic E-state index is 6.26. The number of fused-ring (bicyclic) bond motifs is 2. The number of anilines is 1. The van der Waals surface area contributed by atoms with Crippen LogP contribution in [-0.2, 0) is 6.54 Å². The van der Waals surface area contributed by atoms with Crippen molar-refractivity contribution in [2.45, 2.75) is 6.54 Å². The van der Waals surface area contributed by atoms with E-state index in [9.17, 15) is 0 Å². The fraction of sp³-hybridized carbons (Fsp3) is 0.125. The molecule has 0 saturated heterocycles. The molecule has 1 aromatic heterocycles. The molecule has 0 bridgehead atoms. The standard InChI is InChI=1S/C16H13ClN2O2/c17-12-5-15-16(21-9-20-15)6-14(12)19-8-10-7-18-13-4-2-1-3-11(10)13/h1-7,18-19H,8-9H2. The van der Waals surface area contributed by atoms with Crippen LogP contribution in [0.15, 0.2) is 42.6 Å². The first kappa shape index (κ1) is 12.4. The van der Waals surface area contributed by atoms with Crippen molar-refractivity contribution < 1.29 is 9.47 Å². The zero-order valence-corrected chi connectivity index (χ0v) is 11.9. The molecule has 1 aliphatic heterocycles. The maximum atomic E-state index is 6.26. The normalized spacial score (nSPS) is 12.8. The Kier molecular flexibility index (Phi) is 2.89. The molecule has 0 spiro atoms. The minimum Gasteiger partial charge on any atom is -0.454 e. The summed E-state index contributed by atoms with van der Waals surface area (Å²) in [7, 11) is 0. The van der Waals surface area contributed by atoms with E-state index in [0.717, 1.165) is 17.0 Å². The molecule has 0 saturated carbocycles. The Bertz CT molecular complexity index is 813. The Hall–Kier alpha value is -2.33. The number of aromatic nitrogens is 1. The summed E-state index contributed by atoms with van der Waals surface area (Å²) < 4.78 is 10.7. The van der Waals surface area contributed by atoms with E-state index in [0.29, 0.717) is 17.3 Å². The van der Waals surface area contributed by atoms with E-state index >= 15 is 0 Å². The van der Waals surface area contributed by atoms with Crippen LogP contribution in [0, 0.1) is 0 Å². The molecule has 0 atom stereocenters. The molecule has 0 radical (unpaired) electrons. The van der Waals surface area contributed by atoms with Gasteiger partial charge in [0, 0.05) is 35.8 Å². The third-order valence-electron chi connectivity index (χ3n) is 3.61. The lowest BCUT2D eigenvalue weighted by Crippen LogP contribution is -1.99. The van der Waals surface area contributed by atoms with Crippen LogP contribution in [0.4, 0.5) is 5.69 Å². The summed E-state index contributed by atoms with van der Waals surface area (Å²) in [6, 6.07) is 11.9. The molecule has 5 heteroatoms. The Morgan fingerprint density at radius 3 is 2.86 bits per heavy atom. The lowest BCUT2D eigenvalue weighted by atomic mass is 10.1. The number of hydrogen-bond acceptors (Lipinski definition) is 3. The summed E-state index contributed by atoms with van der Waals surface area (Å²) in [4.78, 5) is 3.26. The van der Waals surface area contributed by atoms with Crippen molar-refractivity contribution in [2.24, 2.45) is 0 Å². The van der Waals surface area contributed by atoms with Gasteiger partial charge in [-0.2, -0.15) is 0 Å². The number of ether oxygens (including phenoxy) is 2. The molecule has 106 valence electrons. The first-order chi connectivity index (χ1) is 10.3. The topological polar surface area (TPSA) is 46.3 Å². The van der Waals surface area contributed by atoms with Gasteiger partial charge in [0.15, 0.2) is 11.5 Å². The zero-order chi connectivity index (χ0) is 14.2. The highest BCUT2D eigenvalue weighted by molar-refractivity contribution is 6.33. The predicted molar refractivity (Wildman–Crippen MR) is 83.2 cm³/mol. The lowest BCUT2D eigenvalue weighted by molar-refractivity contribution is 0.174. The minimum absolute atomic E-state index is 0.248. The van der Waals surface area contributed by atoms with Crippen molar-refractivity contribution in [3.8, 4) is 11.5 Å². The molecule has 4 nitrogen and oxygen atoms in total. The molecular formula is C16H13ClN2O2. The van der Waals surface area contributed by atoms with Crippen LogP contribution < -0.4 is 14.8 Å². The lowest BCUT2D eigenvalue weighted by Gasteiger charge is -2.09. The van der Waals surface area contributed by atoms with Gasteiger partial charge in [0.2, 0.25) is 6.79 Å². The van der Waals surface area contributed by atoms with Gasteiger partial charge in [0.1, 0.15) is 0 Å². The molecule has 0 amide bonds. The molecule has 0 unspecified atom stereocenters. The Labute approximate surface area is 126 Å². The van der Waals surface area contributed by atoms with E-state index in [-0.39, 0.29) is 6.79 Å². The van der Waals surface area contributed by atoms with Gasteiger partial charge in [-0.1, -0.05) is 29.8 Å². The first-order valence-electron chi connectivity index (χ1n) is 6.69. The van der Waals surface area contributed by atoms with Crippen molar-refractivity contribution in [3.63, 3.8) is 0 Å². The average Bonchev–Trinajstić information content (AvgIpc) is 3.11. The number of nitrogens with one attached hydrogen (secondary N) is 2. The van der Waals surface area contributed by atoms with Crippen molar-refractivity contribution in [1.82, 2.24) is 4.98 Å². The van der Waals surface area contributed by atoms with Crippen LogP contribution >= 0.6 is 11.6 Å². The van der Waals surface area contributed by atoms with E-state index in [1.807, 2.05) is 24.4 Å². The van der Waals surface area contributed by atoms with Gasteiger partial charge in [0.05, 0.1) is 10.7 Å². The third kappa shape index (κ3) is 2.17. The number of rotatable bonds is 3. The van der Waals surface area contributed by atoms with E-state index in [2.05, 4.69) is 22.4 Å². The van der Waals surface area contributed by atoms with Crippen LogP contribution in [0.1, 0.15) is 5.56 Å². The van der Waals surface area contributed by atoms with E-state index in [4.69, 9.17) is 21.1 Å². The molecule has 2 heterocycles. The van der Waals surface area contributed by atoms with Gasteiger partial charge in [-0.25, -0.2) is 0 Å². The Morgan fingerprint density at radius 1 is 1.14 bits per heavy atom. The molecule has 2 aromatic carbocycles. The van der Waals surface area contributed by atoms with Crippen molar-refractivity contribution in [2.75, 3.05) is 12.1 Å². The third-order valence-corrected chi connectivity index (χ3v) is 3.92. The largest absolute Gasteiger partial charge is 0.454 e. The van der Waals surface area contributed by atoms with Crippen molar-refractivity contribution >= 4 is 28.2 Å². The summed E-state index contributed by atoms with van der Waals surface area (Å²) >= 11 is 6.26. The van der Waals surface area contributed by atoms with Gasteiger partial charge in [-0.05, 0) is 11.6 Å². The second-order valence-electron chi connectivity index (χ2n) is 4.90. The number of H-pyrrole nitrogens is 1. The van der Waals surface area contributed by atoms with Crippen LogP contribution in [0.25, 0.3) is 10.9 Å². The molecular weight excluding hydrogens is 288 g/mol. The average molecular weight is 301 g/mol. The summed E-state index contributed by atoms with van der Waals surface area (Å²) in [6.45, 7) is 0.931. The fourth-order valence-electron chi connectivity index (χ4n) is 2.52. The van der Waals surface area contributed by atoms with Gasteiger partial charge in [0.25, 0.3) is 0 Å². The quantitative estimate of drug-likeness (QED) is 0.763. The number of halogens is 1. The number of para-hydroxylation sites is 1. The summed E-state index contributed by atoms with van der Waals surface area (Å²) in [6.07, 6.45) is 2.01. The van der Waals surface area contributed by atoms with Crippen LogP contribution in [0.5, 0.6) is 11.5 Å². The van der Waals surface area contributed by atoms with Gasteiger partial charge < -0.3 is 19.8 Å². The first-order valence-corrected chi connectivity index (χ1v) is 7.07. The van der Waals surface area contributed by atoms with Crippen molar-refractivity contribution in [3.05, 3.63) is 53.2 Å². The highest BCUT2D eigenvalue weighted by atomic mass is 35.5. The molecule has 0 aliphatic carbocycles. The minimum atomic E-state index is 0.248. The molecule has 21 heavy (non-hydrogen) atoms. The van der Waals surface area contributed by atoms with E-state index in [1.54, 1.807) is 6.07 Å². The summed E-state index contributed by atoms with van der Waals surface area (Å²) in [5, 5.41) is 5.18. The summed E-state index contributed by atoms with van der Waals surface area (Å²) in [5.74, 6) is 1.42. The Balaban J connectivity index is 1.60. The monoisotopic (exact) mass is 300 g/mol. The second kappa shape index (κ2) is 4.90. The Morgan fingerprint density at radius 2 is 1.95 bits per heavy atom. The second-order valence-corrected chi connectivity index (χ2v) is 5.31. The molecule has 1 aliphatic rings. The maximum Gasteiger partial charge on any atom is 0.231 e. The van der Waals surface area contributed by atoms with Gasteiger partial charge >= 0.3 is 0 Å². The van der Waals surface area contributed by atoms with Gasteiger partial charge in [-0.3, -0.25) is 0 Å². The van der Waals surface area contributed by atoms with Crippen LogP contribution in [0.2, 0.25) is 5.02 Å². The SMILES string of the molecule is Clc1cc2c(cc1NCc1c[nH]c3ccccc13)OCO2. The van der Waals surface area contributed by atoms with Crippen LogP contribution in [-0.4, -0.2) is 11.8 Å². The zero-order valence-electron chi connectivity index (χ0n) is 11.2. The molecule has 2 N–H and O–H groups in total. The smallest absolute Gasteiger partial charge is 0.231 e. The van der Waals surface area contributed by atoms with Crippen LogP contribution in [0.3, 0.4) is 0 Å². The molecule has 4 rings (SSSR count). The van der Waals surface area contributed by atoms with E-state index < -0.39 is 0 Å². The number of aromatic amines is 1. The van der Waals surface area contributed by atoms with Gasteiger partial charge in [-0.15, -0.1) is 0 Å². The van der Waals surface area contributed by atoms with E-state index in [1.165, 1.54) is 10.9 Å². The molecule has 0 fully saturated rings. The highest BCUT2D eigenvalue weighted by Gasteiger charge is 2.16. The highest BCUT2D eigenvalue weighted by Crippen LogP contribution is 2.39. The predicted octanol–water partition coefficient (Wildman–Crippen LogP) is 4.16. The number of benzene rings is 2. The molecule has 3 aromatic rings. The summed E-state index contributed by atoms with van der Waals surface area (Å²) in [5.41, 5.74) is 3.16. The van der Waals surface area contributed by atoms with Crippen molar-refractivity contribution in [1.29, 1.82) is 0 Å².